The Hall–Kier alpha value is -3.14. The van der Waals surface area contributed by atoms with Crippen LogP contribution in [-0.4, -0.2) is 19.0 Å². The molecule has 0 saturated heterocycles. The van der Waals surface area contributed by atoms with Crippen molar-refractivity contribution in [2.75, 3.05) is 13.2 Å². The van der Waals surface area contributed by atoms with Crippen molar-refractivity contribution >= 4 is 5.78 Å². The van der Waals surface area contributed by atoms with Gasteiger partial charge in [-0.2, -0.15) is 0 Å². The van der Waals surface area contributed by atoms with Gasteiger partial charge in [0.1, 0.15) is 23.9 Å². The molecule has 3 nitrogen and oxygen atoms in total. The number of benzene rings is 3. The van der Waals surface area contributed by atoms with Crippen molar-refractivity contribution in [1.29, 1.82) is 0 Å². The second-order valence-corrected chi connectivity index (χ2v) is 7.11. The van der Waals surface area contributed by atoms with Crippen molar-refractivity contribution in [3.63, 3.8) is 0 Å². The minimum absolute atomic E-state index is 0.00611. The standard InChI is InChI=1S/C24H21FO3/c1-16(26)14-27-22-7-2-4-17(11-22)10-20-15-28-24-9-8-19(13-23(20)24)18-5-3-6-21(25)12-18/h2-9,11-13,20H,10,14-15H2,1H3. The SMILES string of the molecule is CC(=O)COc1cccc(CC2COc3ccc(-c4cccc(F)c4)cc32)c1. The summed E-state index contributed by atoms with van der Waals surface area (Å²) >= 11 is 0. The number of hydrogen-bond acceptors (Lipinski definition) is 3. The fraction of sp³-hybridized carbons (Fsp3) is 0.208. The molecule has 0 radical (unpaired) electrons. The number of ether oxygens (including phenoxy) is 2. The van der Waals surface area contributed by atoms with E-state index in [4.69, 9.17) is 9.47 Å². The zero-order valence-electron chi connectivity index (χ0n) is 15.7. The van der Waals surface area contributed by atoms with Crippen LogP contribution in [0.15, 0.2) is 66.7 Å². The fourth-order valence-corrected chi connectivity index (χ4v) is 3.53. The Balaban J connectivity index is 1.55. The highest BCUT2D eigenvalue weighted by Crippen LogP contribution is 2.39. The van der Waals surface area contributed by atoms with Crippen molar-refractivity contribution in [1.82, 2.24) is 0 Å². The summed E-state index contributed by atoms with van der Waals surface area (Å²) in [6.45, 7) is 2.20. The fourth-order valence-electron chi connectivity index (χ4n) is 3.53. The third-order valence-electron chi connectivity index (χ3n) is 4.87. The highest BCUT2D eigenvalue weighted by Gasteiger charge is 2.25. The summed E-state index contributed by atoms with van der Waals surface area (Å²) in [6.07, 6.45) is 0.802. The molecule has 3 aromatic rings. The highest BCUT2D eigenvalue weighted by atomic mass is 19.1. The molecule has 1 aliphatic heterocycles. The summed E-state index contributed by atoms with van der Waals surface area (Å²) in [7, 11) is 0. The number of ketones is 1. The Bertz CT molecular complexity index is 1010. The van der Waals surface area contributed by atoms with Crippen molar-refractivity contribution in [2.45, 2.75) is 19.3 Å². The van der Waals surface area contributed by atoms with E-state index < -0.39 is 0 Å². The number of Topliss-reactive ketones (excluding diaryl/α,β-unsaturated/α-hetero) is 1. The van der Waals surface area contributed by atoms with E-state index in [0.717, 1.165) is 34.4 Å². The number of halogens is 1. The van der Waals surface area contributed by atoms with Crippen LogP contribution in [0.5, 0.6) is 11.5 Å². The second-order valence-electron chi connectivity index (χ2n) is 7.11. The molecule has 142 valence electrons. The summed E-state index contributed by atoms with van der Waals surface area (Å²) in [5.74, 6) is 1.54. The van der Waals surface area contributed by atoms with E-state index in [0.29, 0.717) is 12.4 Å². The summed E-state index contributed by atoms with van der Waals surface area (Å²) in [5.41, 5.74) is 4.09. The van der Waals surface area contributed by atoms with Crippen LogP contribution in [0.2, 0.25) is 0 Å². The van der Waals surface area contributed by atoms with E-state index in [-0.39, 0.29) is 24.1 Å². The predicted molar refractivity (Wildman–Crippen MR) is 106 cm³/mol. The molecule has 0 aliphatic carbocycles. The normalized spacial score (nSPS) is 15.0. The molecule has 0 fully saturated rings. The van der Waals surface area contributed by atoms with E-state index in [2.05, 4.69) is 12.1 Å². The Labute approximate surface area is 163 Å². The molecular formula is C24H21FO3. The molecule has 1 unspecified atom stereocenters. The summed E-state index contributed by atoms with van der Waals surface area (Å²) in [5, 5.41) is 0. The molecule has 1 aliphatic rings. The molecule has 1 heterocycles. The van der Waals surface area contributed by atoms with Gasteiger partial charge in [0.2, 0.25) is 0 Å². The van der Waals surface area contributed by atoms with E-state index >= 15 is 0 Å². The number of rotatable bonds is 6. The van der Waals surface area contributed by atoms with Crippen LogP contribution in [0.4, 0.5) is 4.39 Å². The van der Waals surface area contributed by atoms with Crippen molar-refractivity contribution in [2.24, 2.45) is 0 Å². The minimum atomic E-state index is -0.242. The number of fused-ring (bicyclic) bond motifs is 1. The van der Waals surface area contributed by atoms with Gasteiger partial charge in [0.15, 0.2) is 5.78 Å². The van der Waals surface area contributed by atoms with Crippen LogP contribution in [0, 0.1) is 5.82 Å². The maximum atomic E-state index is 13.6. The molecule has 0 saturated carbocycles. The quantitative estimate of drug-likeness (QED) is 0.595. The van der Waals surface area contributed by atoms with Gasteiger partial charge in [-0.3, -0.25) is 4.79 Å². The molecule has 0 amide bonds. The third-order valence-corrected chi connectivity index (χ3v) is 4.87. The molecule has 4 heteroatoms. The zero-order chi connectivity index (χ0) is 19.5. The maximum absolute atomic E-state index is 13.6. The lowest BCUT2D eigenvalue weighted by Crippen LogP contribution is -2.07. The first kappa shape index (κ1) is 18.2. The van der Waals surface area contributed by atoms with Crippen LogP contribution in [0.3, 0.4) is 0 Å². The Morgan fingerprint density at radius 3 is 2.71 bits per heavy atom. The summed E-state index contributed by atoms with van der Waals surface area (Å²) in [4.78, 5) is 11.1. The van der Waals surface area contributed by atoms with Gasteiger partial charge in [0, 0.05) is 11.5 Å². The Morgan fingerprint density at radius 2 is 1.89 bits per heavy atom. The smallest absolute Gasteiger partial charge is 0.167 e. The van der Waals surface area contributed by atoms with Crippen LogP contribution in [0.1, 0.15) is 24.0 Å². The van der Waals surface area contributed by atoms with Crippen LogP contribution in [0.25, 0.3) is 11.1 Å². The van der Waals surface area contributed by atoms with Crippen LogP contribution in [-0.2, 0) is 11.2 Å². The van der Waals surface area contributed by atoms with Crippen LogP contribution < -0.4 is 9.47 Å². The first-order chi connectivity index (χ1) is 13.6. The number of carbonyl (C=O) groups excluding carboxylic acids is 1. The van der Waals surface area contributed by atoms with Crippen molar-refractivity contribution in [3.8, 4) is 22.6 Å². The van der Waals surface area contributed by atoms with E-state index in [9.17, 15) is 9.18 Å². The summed E-state index contributed by atoms with van der Waals surface area (Å²) in [6, 6.07) is 20.5. The largest absolute Gasteiger partial charge is 0.493 e. The van der Waals surface area contributed by atoms with Gasteiger partial charge in [0.25, 0.3) is 0 Å². The lowest BCUT2D eigenvalue weighted by Gasteiger charge is -2.12. The molecule has 3 aromatic carbocycles. The molecular weight excluding hydrogens is 355 g/mol. The molecule has 0 aromatic heterocycles. The van der Waals surface area contributed by atoms with Crippen molar-refractivity contribution < 1.29 is 18.7 Å². The summed E-state index contributed by atoms with van der Waals surface area (Å²) < 4.78 is 25.0. The molecule has 0 N–H and O–H groups in total. The number of hydrogen-bond donors (Lipinski definition) is 0. The minimum Gasteiger partial charge on any atom is -0.493 e. The lowest BCUT2D eigenvalue weighted by molar-refractivity contribution is -0.118. The van der Waals surface area contributed by atoms with Gasteiger partial charge >= 0.3 is 0 Å². The van der Waals surface area contributed by atoms with Gasteiger partial charge in [-0.1, -0.05) is 30.3 Å². The van der Waals surface area contributed by atoms with Gasteiger partial charge in [0.05, 0.1) is 6.61 Å². The predicted octanol–water partition coefficient (Wildman–Crippen LogP) is 5.18. The van der Waals surface area contributed by atoms with Gasteiger partial charge in [-0.25, -0.2) is 4.39 Å². The average molecular weight is 376 g/mol. The second kappa shape index (κ2) is 7.85. The van der Waals surface area contributed by atoms with Gasteiger partial charge in [-0.15, -0.1) is 0 Å². The molecule has 28 heavy (non-hydrogen) atoms. The van der Waals surface area contributed by atoms with Crippen LogP contribution >= 0.6 is 0 Å². The van der Waals surface area contributed by atoms with E-state index in [1.54, 1.807) is 12.1 Å². The molecule has 0 spiro atoms. The molecule has 4 rings (SSSR count). The average Bonchev–Trinajstić information content (AvgIpc) is 3.09. The third kappa shape index (κ3) is 4.06. The zero-order valence-corrected chi connectivity index (χ0v) is 15.7. The van der Waals surface area contributed by atoms with E-state index in [1.165, 1.54) is 13.0 Å². The van der Waals surface area contributed by atoms with Crippen molar-refractivity contribution in [3.05, 3.63) is 83.7 Å². The van der Waals surface area contributed by atoms with E-state index in [1.807, 2.05) is 36.4 Å². The first-order valence-electron chi connectivity index (χ1n) is 9.32. The first-order valence-corrected chi connectivity index (χ1v) is 9.32. The molecule has 0 bridgehead atoms. The molecule has 1 atom stereocenters. The Kier molecular flexibility index (Phi) is 5.11. The topological polar surface area (TPSA) is 35.5 Å². The number of carbonyl (C=O) groups is 1. The highest BCUT2D eigenvalue weighted by molar-refractivity contribution is 5.77. The lowest BCUT2D eigenvalue weighted by atomic mass is 9.91. The van der Waals surface area contributed by atoms with Gasteiger partial charge in [-0.05, 0) is 66.4 Å². The van der Waals surface area contributed by atoms with Gasteiger partial charge < -0.3 is 9.47 Å². The maximum Gasteiger partial charge on any atom is 0.167 e. The Morgan fingerprint density at radius 1 is 1.07 bits per heavy atom. The monoisotopic (exact) mass is 376 g/mol.